The maximum Gasteiger partial charge on any atom is 0.241 e. The number of rotatable bonds is 4. The van der Waals surface area contributed by atoms with Gasteiger partial charge in [0.05, 0.1) is 6.04 Å². The summed E-state index contributed by atoms with van der Waals surface area (Å²) in [4.78, 5) is 24.1. The molecule has 0 aliphatic carbocycles. The second kappa shape index (κ2) is 8.46. The van der Waals surface area contributed by atoms with Crippen LogP contribution >= 0.6 is 0 Å². The number of piperidine rings is 1. The lowest BCUT2D eigenvalue weighted by Gasteiger charge is -2.42. The minimum absolute atomic E-state index is 0.00438. The topological polar surface area (TPSA) is 51.7 Å². The van der Waals surface area contributed by atoms with Crippen LogP contribution in [0.3, 0.4) is 0 Å². The molecule has 0 spiro atoms. The van der Waals surface area contributed by atoms with Crippen molar-refractivity contribution in [3.63, 3.8) is 0 Å². The van der Waals surface area contributed by atoms with Gasteiger partial charge in [-0.25, -0.2) is 0 Å². The molecule has 3 aliphatic heterocycles. The van der Waals surface area contributed by atoms with E-state index >= 15 is 0 Å². The molecule has 4 rings (SSSR count). The molecule has 3 aliphatic rings. The number of carbonyl (C=O) groups excluding carboxylic acids is 1. The predicted molar refractivity (Wildman–Crippen MR) is 102 cm³/mol. The van der Waals surface area contributed by atoms with Crippen molar-refractivity contribution in [2.45, 2.75) is 44.3 Å². The van der Waals surface area contributed by atoms with Crippen molar-refractivity contribution in [1.29, 1.82) is 0 Å². The molecule has 1 amide bonds. The number of nitrogens with zero attached hydrogens (tertiary/aromatic N) is 4. The molecule has 3 saturated heterocycles. The lowest BCUT2D eigenvalue weighted by atomic mass is 10.0. The number of hydrogen-bond donors (Lipinski definition) is 1. The van der Waals surface area contributed by atoms with Crippen molar-refractivity contribution < 1.29 is 4.79 Å². The zero-order valence-electron chi connectivity index (χ0n) is 15.6. The van der Waals surface area contributed by atoms with Crippen LogP contribution in [0.4, 0.5) is 0 Å². The molecule has 26 heavy (non-hydrogen) atoms. The number of carbonyl (C=O) groups is 1. The largest absolute Gasteiger partial charge is 0.341 e. The van der Waals surface area contributed by atoms with E-state index in [1.165, 1.54) is 18.4 Å². The molecule has 3 fully saturated rings. The number of aromatic nitrogens is 1. The van der Waals surface area contributed by atoms with Gasteiger partial charge in [0.2, 0.25) is 5.91 Å². The van der Waals surface area contributed by atoms with Crippen LogP contribution < -0.4 is 5.32 Å². The van der Waals surface area contributed by atoms with Gasteiger partial charge in [-0.2, -0.15) is 0 Å². The van der Waals surface area contributed by atoms with Crippen LogP contribution in [-0.2, 0) is 11.3 Å². The first-order chi connectivity index (χ1) is 12.8. The minimum Gasteiger partial charge on any atom is -0.341 e. The number of hydrogen-bond acceptors (Lipinski definition) is 5. The molecule has 1 aromatic rings. The first-order valence-corrected chi connectivity index (χ1v) is 10.2. The third-order valence-corrected chi connectivity index (χ3v) is 6.13. The fraction of sp³-hybridized carbons (Fsp3) is 0.700. The van der Waals surface area contributed by atoms with E-state index in [0.29, 0.717) is 11.9 Å². The number of nitrogens with one attached hydrogen (secondary N) is 1. The Morgan fingerprint density at radius 3 is 2.69 bits per heavy atom. The van der Waals surface area contributed by atoms with Gasteiger partial charge in [0.15, 0.2) is 0 Å². The summed E-state index contributed by atoms with van der Waals surface area (Å²) in [6, 6.07) is 4.79. The zero-order valence-corrected chi connectivity index (χ0v) is 15.6. The highest BCUT2D eigenvalue weighted by Gasteiger charge is 2.33. The molecule has 1 aromatic heterocycles. The summed E-state index contributed by atoms with van der Waals surface area (Å²) in [6.45, 7) is 8.04. The molecule has 4 heterocycles. The smallest absolute Gasteiger partial charge is 0.241 e. The van der Waals surface area contributed by atoms with Gasteiger partial charge in [-0.05, 0) is 50.4 Å². The maximum atomic E-state index is 12.7. The van der Waals surface area contributed by atoms with Gasteiger partial charge in [-0.15, -0.1) is 0 Å². The summed E-state index contributed by atoms with van der Waals surface area (Å²) in [7, 11) is 0. The Kier molecular flexibility index (Phi) is 5.82. The van der Waals surface area contributed by atoms with Crippen molar-refractivity contribution >= 4 is 5.91 Å². The number of piperazine rings is 1. The number of pyridine rings is 1. The third-order valence-electron chi connectivity index (χ3n) is 6.13. The van der Waals surface area contributed by atoms with Gasteiger partial charge in [0.25, 0.3) is 0 Å². The van der Waals surface area contributed by atoms with Crippen molar-refractivity contribution in [2.24, 2.45) is 0 Å². The Morgan fingerprint density at radius 1 is 1.15 bits per heavy atom. The fourth-order valence-corrected chi connectivity index (χ4v) is 4.62. The maximum absolute atomic E-state index is 12.7. The third kappa shape index (κ3) is 4.24. The lowest BCUT2D eigenvalue weighted by Crippen LogP contribution is -2.60. The highest BCUT2D eigenvalue weighted by Crippen LogP contribution is 2.20. The summed E-state index contributed by atoms with van der Waals surface area (Å²) in [5.74, 6) is 0.321. The Hall–Kier alpha value is -1.50. The summed E-state index contributed by atoms with van der Waals surface area (Å²) in [6.07, 6.45) is 8.53. The molecule has 0 bridgehead atoms. The van der Waals surface area contributed by atoms with E-state index in [9.17, 15) is 4.79 Å². The molecule has 0 aromatic carbocycles. The normalized spacial score (nSPS) is 26.3. The number of likely N-dealkylation sites (tertiary alicyclic amines) is 2. The molecular formula is C20H31N5O. The SMILES string of the molecule is O=C([C@H]1CN(C2CCN(Cc3cccnc3)CC2)CCN1)N1CCCC1. The van der Waals surface area contributed by atoms with Crippen LogP contribution in [0, 0.1) is 0 Å². The van der Waals surface area contributed by atoms with E-state index in [-0.39, 0.29) is 6.04 Å². The summed E-state index contributed by atoms with van der Waals surface area (Å²) in [5.41, 5.74) is 1.30. The van der Waals surface area contributed by atoms with E-state index in [4.69, 9.17) is 0 Å². The molecular weight excluding hydrogens is 326 g/mol. The summed E-state index contributed by atoms with van der Waals surface area (Å²) >= 11 is 0. The highest BCUT2D eigenvalue weighted by molar-refractivity contribution is 5.82. The Bertz CT molecular complexity index is 581. The minimum atomic E-state index is -0.00438. The standard InChI is InChI=1S/C20H31N5O/c26-20(24-9-1-2-10-24)19-16-25(13-8-22-19)18-5-11-23(12-6-18)15-17-4-3-7-21-14-17/h3-4,7,14,18-19,22H,1-2,5-6,8-13,15-16H2/t19-/m1/s1. The molecule has 0 unspecified atom stereocenters. The summed E-state index contributed by atoms with van der Waals surface area (Å²) < 4.78 is 0. The molecule has 1 atom stereocenters. The van der Waals surface area contributed by atoms with Gasteiger partial charge < -0.3 is 10.2 Å². The van der Waals surface area contributed by atoms with Crippen LogP contribution in [0.2, 0.25) is 0 Å². The quantitative estimate of drug-likeness (QED) is 0.869. The Labute approximate surface area is 156 Å². The molecule has 0 radical (unpaired) electrons. The lowest BCUT2D eigenvalue weighted by molar-refractivity contribution is -0.133. The van der Waals surface area contributed by atoms with Gasteiger partial charge in [0, 0.05) is 57.7 Å². The van der Waals surface area contributed by atoms with Crippen molar-refractivity contribution in [1.82, 2.24) is 25.0 Å². The molecule has 6 heteroatoms. The first-order valence-electron chi connectivity index (χ1n) is 10.2. The van der Waals surface area contributed by atoms with Gasteiger partial charge in [-0.1, -0.05) is 6.07 Å². The Morgan fingerprint density at radius 2 is 1.96 bits per heavy atom. The predicted octanol–water partition coefficient (Wildman–Crippen LogP) is 0.942. The van der Waals surface area contributed by atoms with Crippen LogP contribution in [-0.4, -0.2) is 83.5 Å². The van der Waals surface area contributed by atoms with Crippen LogP contribution in [0.5, 0.6) is 0 Å². The first kappa shape index (κ1) is 17.9. The monoisotopic (exact) mass is 357 g/mol. The molecule has 6 nitrogen and oxygen atoms in total. The van der Waals surface area contributed by atoms with E-state index < -0.39 is 0 Å². The van der Waals surface area contributed by atoms with E-state index in [1.54, 1.807) is 0 Å². The molecule has 0 saturated carbocycles. The molecule has 142 valence electrons. The number of amides is 1. The van der Waals surface area contributed by atoms with Crippen molar-refractivity contribution in [2.75, 3.05) is 45.8 Å². The highest BCUT2D eigenvalue weighted by atomic mass is 16.2. The van der Waals surface area contributed by atoms with Crippen LogP contribution in [0.25, 0.3) is 0 Å². The van der Waals surface area contributed by atoms with Gasteiger partial charge in [0.1, 0.15) is 0 Å². The van der Waals surface area contributed by atoms with Crippen LogP contribution in [0.1, 0.15) is 31.2 Å². The Balaban J connectivity index is 1.26. The molecule has 1 N–H and O–H groups in total. The second-order valence-electron chi connectivity index (χ2n) is 7.90. The second-order valence-corrected chi connectivity index (χ2v) is 7.90. The van der Waals surface area contributed by atoms with Gasteiger partial charge in [-0.3, -0.25) is 19.6 Å². The van der Waals surface area contributed by atoms with Crippen molar-refractivity contribution in [3.05, 3.63) is 30.1 Å². The van der Waals surface area contributed by atoms with Gasteiger partial charge >= 0.3 is 0 Å². The van der Waals surface area contributed by atoms with E-state index in [0.717, 1.165) is 65.2 Å². The average Bonchev–Trinajstić information content (AvgIpc) is 3.24. The van der Waals surface area contributed by atoms with Crippen molar-refractivity contribution in [3.8, 4) is 0 Å². The van der Waals surface area contributed by atoms with Crippen LogP contribution in [0.15, 0.2) is 24.5 Å². The fourth-order valence-electron chi connectivity index (χ4n) is 4.62. The zero-order chi connectivity index (χ0) is 17.8. The summed E-state index contributed by atoms with van der Waals surface area (Å²) in [5, 5.41) is 3.46. The van der Waals surface area contributed by atoms with E-state index in [2.05, 4.69) is 31.1 Å². The average molecular weight is 358 g/mol. The van der Waals surface area contributed by atoms with E-state index in [1.807, 2.05) is 18.5 Å².